The van der Waals surface area contributed by atoms with Crippen LogP contribution in [0.1, 0.15) is 38.1 Å². The van der Waals surface area contributed by atoms with Crippen LogP contribution in [0.25, 0.3) is 6.08 Å². The van der Waals surface area contributed by atoms with Crippen molar-refractivity contribution in [2.24, 2.45) is 0 Å². The maximum Gasteiger partial charge on any atom is 0.324 e. The first-order valence-electron chi connectivity index (χ1n) is 8.38. The molecule has 9 heteroatoms. The van der Waals surface area contributed by atoms with Gasteiger partial charge in [-0.15, -0.1) is 0 Å². The molecule has 0 bridgehead atoms. The third-order valence-electron chi connectivity index (χ3n) is 4.43. The number of rotatable bonds is 2. The predicted octanol–water partition coefficient (Wildman–Crippen LogP) is 5.27. The fourth-order valence-electron chi connectivity index (χ4n) is 3.20. The second kappa shape index (κ2) is 7.52. The van der Waals surface area contributed by atoms with Crippen molar-refractivity contribution in [1.29, 1.82) is 0 Å². The van der Waals surface area contributed by atoms with Gasteiger partial charge in [-0.2, -0.15) is 4.37 Å². The van der Waals surface area contributed by atoms with Crippen LogP contribution in [0.4, 0.5) is 18.7 Å². The van der Waals surface area contributed by atoms with Crippen molar-refractivity contribution in [3.63, 3.8) is 0 Å². The lowest BCUT2D eigenvalue weighted by Gasteiger charge is -2.43. The zero-order valence-electron chi connectivity index (χ0n) is 15.1. The molecular weight excluding hydrogens is 394 g/mol. The van der Waals surface area contributed by atoms with E-state index in [4.69, 9.17) is 11.6 Å². The summed E-state index contributed by atoms with van der Waals surface area (Å²) in [6.45, 7) is 6.02. The molecule has 2 heterocycles. The fraction of sp³-hybridized carbons (Fsp3) is 0.389. The summed E-state index contributed by atoms with van der Waals surface area (Å²) in [6.07, 6.45) is 2.54. The van der Waals surface area contributed by atoms with Crippen LogP contribution in [-0.4, -0.2) is 32.4 Å². The number of halogens is 3. The highest BCUT2D eigenvalue weighted by molar-refractivity contribution is 7.09. The summed E-state index contributed by atoms with van der Waals surface area (Å²) in [5.74, 6) is -0.792. The summed E-state index contributed by atoms with van der Waals surface area (Å²) < 4.78 is 32.1. The van der Waals surface area contributed by atoms with Gasteiger partial charge in [0.2, 0.25) is 5.13 Å². The number of urea groups is 1. The Morgan fingerprint density at radius 2 is 2.04 bits per heavy atom. The highest BCUT2D eigenvalue weighted by Gasteiger charge is 2.35. The molecule has 5 nitrogen and oxygen atoms in total. The SMILES string of the molecule is Cc1nsc(NC(=O)N2CC/C(=C\c3c(F)cc(Cl)cc3F)CC2(C)C)n1. The number of carbonyl (C=O) groups is 1. The Labute approximate surface area is 165 Å². The van der Waals surface area contributed by atoms with Crippen molar-refractivity contribution in [2.45, 2.75) is 39.2 Å². The van der Waals surface area contributed by atoms with Gasteiger partial charge in [-0.3, -0.25) is 5.32 Å². The first-order chi connectivity index (χ1) is 12.7. The van der Waals surface area contributed by atoms with Gasteiger partial charge in [0.25, 0.3) is 0 Å². The lowest BCUT2D eigenvalue weighted by molar-refractivity contribution is 0.131. The molecule has 144 valence electrons. The van der Waals surface area contributed by atoms with Crippen LogP contribution < -0.4 is 5.32 Å². The molecule has 2 aromatic rings. The van der Waals surface area contributed by atoms with Gasteiger partial charge in [0.1, 0.15) is 17.5 Å². The van der Waals surface area contributed by atoms with E-state index < -0.39 is 17.2 Å². The van der Waals surface area contributed by atoms with Crippen molar-refractivity contribution in [1.82, 2.24) is 14.3 Å². The second-order valence-electron chi connectivity index (χ2n) is 7.05. The number of nitrogens with one attached hydrogen (secondary N) is 1. The van der Waals surface area contributed by atoms with Crippen molar-refractivity contribution >= 4 is 40.4 Å². The van der Waals surface area contributed by atoms with Gasteiger partial charge in [-0.1, -0.05) is 17.2 Å². The molecule has 0 spiro atoms. The smallest absolute Gasteiger partial charge is 0.319 e. The number of carbonyl (C=O) groups excluding carboxylic acids is 1. The minimum atomic E-state index is -0.697. The zero-order valence-corrected chi connectivity index (χ0v) is 16.7. The van der Waals surface area contributed by atoms with Gasteiger partial charge in [-0.05, 0) is 51.8 Å². The minimum Gasteiger partial charge on any atom is -0.319 e. The van der Waals surface area contributed by atoms with E-state index >= 15 is 0 Å². The maximum absolute atomic E-state index is 14.1. The van der Waals surface area contributed by atoms with E-state index in [-0.39, 0.29) is 16.6 Å². The van der Waals surface area contributed by atoms with Crippen molar-refractivity contribution in [3.8, 4) is 0 Å². The van der Waals surface area contributed by atoms with Gasteiger partial charge in [0.15, 0.2) is 0 Å². The van der Waals surface area contributed by atoms with E-state index in [9.17, 15) is 13.6 Å². The van der Waals surface area contributed by atoms with Crippen molar-refractivity contribution in [3.05, 3.63) is 45.8 Å². The largest absolute Gasteiger partial charge is 0.324 e. The van der Waals surface area contributed by atoms with Gasteiger partial charge in [0.05, 0.1) is 0 Å². The second-order valence-corrected chi connectivity index (χ2v) is 8.24. The highest BCUT2D eigenvalue weighted by Crippen LogP contribution is 2.34. The number of aryl methyl sites for hydroxylation is 1. The predicted molar refractivity (Wildman–Crippen MR) is 103 cm³/mol. The summed E-state index contributed by atoms with van der Waals surface area (Å²) >= 11 is 6.80. The molecule has 2 amide bonds. The Balaban J connectivity index is 1.76. The van der Waals surface area contributed by atoms with Crippen molar-refractivity contribution < 1.29 is 13.6 Å². The fourth-order valence-corrected chi connectivity index (χ4v) is 3.96. The molecule has 1 fully saturated rings. The van der Waals surface area contributed by atoms with Gasteiger partial charge in [-0.25, -0.2) is 18.6 Å². The Hall–Kier alpha value is -2.06. The normalized spacial score (nSPS) is 18.0. The average molecular weight is 413 g/mol. The van der Waals surface area contributed by atoms with Crippen molar-refractivity contribution in [2.75, 3.05) is 11.9 Å². The van der Waals surface area contributed by atoms with Crippen LogP contribution in [-0.2, 0) is 0 Å². The Morgan fingerprint density at radius 1 is 1.37 bits per heavy atom. The van der Waals surface area contributed by atoms with Gasteiger partial charge in [0, 0.05) is 34.2 Å². The third kappa shape index (κ3) is 4.44. The lowest BCUT2D eigenvalue weighted by atomic mass is 9.86. The van der Waals surface area contributed by atoms with Crippen LogP contribution in [0.3, 0.4) is 0 Å². The van der Waals surface area contributed by atoms with Gasteiger partial charge >= 0.3 is 6.03 Å². The number of aromatic nitrogens is 2. The first kappa shape index (κ1) is 19.7. The molecule has 1 saturated heterocycles. The van der Waals surface area contributed by atoms with E-state index in [1.54, 1.807) is 11.8 Å². The molecule has 1 aromatic heterocycles. The number of nitrogens with zero attached hydrogens (tertiary/aromatic N) is 3. The highest BCUT2D eigenvalue weighted by atomic mass is 35.5. The topological polar surface area (TPSA) is 58.1 Å². The molecule has 1 aliphatic heterocycles. The lowest BCUT2D eigenvalue weighted by Crippen LogP contribution is -2.52. The molecule has 1 N–H and O–H groups in total. The summed E-state index contributed by atoms with van der Waals surface area (Å²) in [5, 5.41) is 3.22. The number of hydrogen-bond donors (Lipinski definition) is 1. The molecule has 27 heavy (non-hydrogen) atoms. The van der Waals surface area contributed by atoms with E-state index in [2.05, 4.69) is 14.7 Å². The quantitative estimate of drug-likeness (QED) is 0.731. The maximum atomic E-state index is 14.1. The zero-order chi connectivity index (χ0) is 19.8. The average Bonchev–Trinajstić information content (AvgIpc) is 2.94. The van der Waals surface area contributed by atoms with Crippen LogP contribution in [0.15, 0.2) is 17.7 Å². The number of amides is 2. The summed E-state index contributed by atoms with van der Waals surface area (Å²) in [4.78, 5) is 18.4. The molecule has 0 atom stereocenters. The molecule has 1 aliphatic rings. The number of anilines is 1. The molecule has 3 rings (SSSR count). The van der Waals surface area contributed by atoms with Crippen LogP contribution in [0, 0.1) is 18.6 Å². The minimum absolute atomic E-state index is 0.0193. The monoisotopic (exact) mass is 412 g/mol. The molecule has 0 aliphatic carbocycles. The summed E-state index contributed by atoms with van der Waals surface area (Å²) in [7, 11) is 0. The van der Waals surface area contributed by atoms with E-state index in [1.807, 2.05) is 13.8 Å². The number of piperidine rings is 1. The molecule has 1 aromatic carbocycles. The molecule has 0 saturated carbocycles. The molecule has 0 unspecified atom stereocenters. The summed E-state index contributed by atoms with van der Waals surface area (Å²) in [6, 6.07) is 1.92. The number of likely N-dealkylation sites (tertiary alicyclic amines) is 1. The number of hydrogen-bond acceptors (Lipinski definition) is 4. The Morgan fingerprint density at radius 3 is 2.59 bits per heavy atom. The van der Waals surface area contributed by atoms with E-state index in [0.29, 0.717) is 30.3 Å². The van der Waals surface area contributed by atoms with Crippen LogP contribution >= 0.6 is 23.1 Å². The molecule has 0 radical (unpaired) electrons. The first-order valence-corrected chi connectivity index (χ1v) is 9.54. The van der Waals surface area contributed by atoms with Crippen LogP contribution in [0.5, 0.6) is 0 Å². The van der Waals surface area contributed by atoms with Crippen LogP contribution in [0.2, 0.25) is 5.02 Å². The Kier molecular flexibility index (Phi) is 5.48. The third-order valence-corrected chi connectivity index (χ3v) is 5.37. The van der Waals surface area contributed by atoms with E-state index in [0.717, 1.165) is 29.2 Å². The van der Waals surface area contributed by atoms with E-state index in [1.165, 1.54) is 6.08 Å². The van der Waals surface area contributed by atoms with Gasteiger partial charge < -0.3 is 4.90 Å². The Bertz CT molecular complexity index is 890. The molecular formula is C18H19ClF2N4OS. The standard InChI is InChI=1S/C18H19ClF2N4OS/c1-10-22-16(27-24-10)23-17(26)25-5-4-11(9-18(25,2)3)6-13-14(20)7-12(19)8-15(13)21/h6-8H,4-5,9H2,1-3H3,(H,22,23,24,26)/b11-6+. The number of benzene rings is 1. The summed E-state index contributed by atoms with van der Waals surface area (Å²) in [5.41, 5.74) is 0.246.